The highest BCUT2D eigenvalue weighted by Crippen LogP contribution is 2.01. The van der Waals surface area contributed by atoms with E-state index in [1.165, 1.54) is 0 Å². The summed E-state index contributed by atoms with van der Waals surface area (Å²) in [4.78, 5) is 15.4. The second-order valence-electron chi connectivity index (χ2n) is 3.33. The van der Waals surface area contributed by atoms with Gasteiger partial charge in [0.25, 0.3) is 5.91 Å². The summed E-state index contributed by atoms with van der Waals surface area (Å²) in [5, 5.41) is 2.71. The zero-order valence-electron chi connectivity index (χ0n) is 9.15. The minimum Gasteiger partial charge on any atom is -0.383 e. The second kappa shape index (κ2) is 7.19. The van der Waals surface area contributed by atoms with Gasteiger partial charge in [0.1, 0.15) is 0 Å². The average Bonchev–Trinajstić information content (AvgIpc) is 2.30. The van der Waals surface area contributed by atoms with Crippen LogP contribution < -0.4 is 5.32 Å². The first kappa shape index (κ1) is 12.9. The summed E-state index contributed by atoms with van der Waals surface area (Å²) in [6, 6.07) is 3.34. The van der Waals surface area contributed by atoms with Crippen LogP contribution in [0.4, 0.5) is 0 Å². The highest BCUT2D eigenvalue weighted by molar-refractivity contribution is 6.20. The highest BCUT2D eigenvalue weighted by atomic mass is 35.5. The molecule has 1 N–H and O–H groups in total. The molecule has 0 saturated heterocycles. The van der Waals surface area contributed by atoms with Crippen LogP contribution in [-0.4, -0.2) is 36.5 Å². The number of rotatable bonds is 6. The third kappa shape index (κ3) is 4.59. The van der Waals surface area contributed by atoms with Crippen molar-refractivity contribution in [3.8, 4) is 0 Å². The number of nitrogens with zero attached hydrogens (tertiary/aromatic N) is 1. The first-order valence-corrected chi connectivity index (χ1v) is 5.49. The maximum Gasteiger partial charge on any atom is 0.251 e. The number of methoxy groups -OCH3 is 1. The van der Waals surface area contributed by atoms with Crippen LogP contribution in [0.15, 0.2) is 24.5 Å². The van der Waals surface area contributed by atoms with Crippen LogP contribution in [0.1, 0.15) is 16.8 Å². The quantitative estimate of drug-likeness (QED) is 0.769. The van der Waals surface area contributed by atoms with Crippen molar-refractivity contribution >= 4 is 17.5 Å². The Bertz CT molecular complexity index is 319. The number of pyridine rings is 1. The van der Waals surface area contributed by atoms with Crippen molar-refractivity contribution in [2.24, 2.45) is 0 Å². The Hall–Kier alpha value is -1.13. The lowest BCUT2D eigenvalue weighted by molar-refractivity contribution is 0.0951. The fourth-order valence-electron chi connectivity index (χ4n) is 1.21. The zero-order chi connectivity index (χ0) is 11.8. The zero-order valence-corrected chi connectivity index (χ0v) is 9.91. The van der Waals surface area contributed by atoms with Crippen molar-refractivity contribution < 1.29 is 9.53 Å². The van der Waals surface area contributed by atoms with Gasteiger partial charge in [-0.3, -0.25) is 9.78 Å². The Labute approximate surface area is 100.0 Å². The molecule has 16 heavy (non-hydrogen) atoms. The third-order valence-corrected chi connectivity index (χ3v) is 2.38. The van der Waals surface area contributed by atoms with E-state index in [4.69, 9.17) is 16.3 Å². The van der Waals surface area contributed by atoms with E-state index in [1.54, 1.807) is 31.6 Å². The molecule has 0 aromatic carbocycles. The van der Waals surface area contributed by atoms with Crippen LogP contribution in [0.25, 0.3) is 0 Å². The molecule has 5 heteroatoms. The number of amides is 1. The summed E-state index contributed by atoms with van der Waals surface area (Å²) in [6.07, 6.45) is 3.86. The topological polar surface area (TPSA) is 51.2 Å². The van der Waals surface area contributed by atoms with Gasteiger partial charge in [-0.25, -0.2) is 0 Å². The fourth-order valence-corrected chi connectivity index (χ4v) is 1.45. The van der Waals surface area contributed by atoms with Crippen LogP contribution >= 0.6 is 11.6 Å². The van der Waals surface area contributed by atoms with E-state index in [2.05, 4.69) is 10.3 Å². The lowest BCUT2D eigenvalue weighted by Crippen LogP contribution is -2.27. The summed E-state index contributed by atoms with van der Waals surface area (Å²) in [7, 11) is 1.60. The van der Waals surface area contributed by atoms with Crippen molar-refractivity contribution in [2.75, 3.05) is 20.3 Å². The number of hydrogen-bond donors (Lipinski definition) is 1. The number of nitrogens with one attached hydrogen (secondary N) is 1. The monoisotopic (exact) mass is 242 g/mol. The van der Waals surface area contributed by atoms with Crippen molar-refractivity contribution in [3.05, 3.63) is 30.1 Å². The molecule has 1 unspecified atom stereocenters. The molecule has 88 valence electrons. The van der Waals surface area contributed by atoms with Gasteiger partial charge in [0.15, 0.2) is 0 Å². The van der Waals surface area contributed by atoms with E-state index < -0.39 is 0 Å². The first-order valence-electron chi connectivity index (χ1n) is 5.05. The van der Waals surface area contributed by atoms with Gasteiger partial charge in [-0.1, -0.05) is 0 Å². The predicted molar refractivity (Wildman–Crippen MR) is 62.7 cm³/mol. The van der Waals surface area contributed by atoms with E-state index in [1.807, 2.05) is 0 Å². The van der Waals surface area contributed by atoms with Crippen LogP contribution in [0.5, 0.6) is 0 Å². The summed E-state index contributed by atoms with van der Waals surface area (Å²) in [5.74, 6) is -0.108. The van der Waals surface area contributed by atoms with Crippen LogP contribution in [0, 0.1) is 0 Å². The molecule has 0 fully saturated rings. The van der Waals surface area contributed by atoms with Crippen molar-refractivity contribution in [1.82, 2.24) is 10.3 Å². The maximum absolute atomic E-state index is 11.6. The molecular weight excluding hydrogens is 228 g/mol. The molecule has 0 radical (unpaired) electrons. The molecule has 1 aromatic rings. The number of aromatic nitrogens is 1. The van der Waals surface area contributed by atoms with Crippen molar-refractivity contribution in [1.29, 1.82) is 0 Å². The van der Waals surface area contributed by atoms with Gasteiger partial charge in [0.05, 0.1) is 12.0 Å². The summed E-state index contributed by atoms with van der Waals surface area (Å²) in [6.45, 7) is 1.03. The number of halogens is 1. The van der Waals surface area contributed by atoms with Gasteiger partial charge in [0, 0.05) is 31.6 Å². The van der Waals surface area contributed by atoms with E-state index in [-0.39, 0.29) is 11.3 Å². The molecule has 0 bridgehead atoms. The van der Waals surface area contributed by atoms with Gasteiger partial charge < -0.3 is 10.1 Å². The van der Waals surface area contributed by atoms with Crippen molar-refractivity contribution in [3.63, 3.8) is 0 Å². The Morgan fingerprint density at radius 1 is 1.56 bits per heavy atom. The molecule has 4 nitrogen and oxygen atoms in total. The van der Waals surface area contributed by atoms with Gasteiger partial charge >= 0.3 is 0 Å². The molecule has 0 aliphatic heterocycles. The minimum atomic E-state index is -0.108. The second-order valence-corrected chi connectivity index (χ2v) is 3.95. The van der Waals surface area contributed by atoms with Crippen LogP contribution in [-0.2, 0) is 4.74 Å². The third-order valence-electron chi connectivity index (χ3n) is 2.03. The van der Waals surface area contributed by atoms with Crippen LogP contribution in [0.2, 0.25) is 0 Å². The molecular formula is C11H15ClN2O2. The number of ether oxygens (including phenoxy) is 1. The summed E-state index contributed by atoms with van der Waals surface area (Å²) < 4.78 is 4.89. The Morgan fingerprint density at radius 2 is 2.25 bits per heavy atom. The first-order chi connectivity index (χ1) is 7.74. The van der Waals surface area contributed by atoms with E-state index >= 15 is 0 Å². The molecule has 1 amide bonds. The minimum absolute atomic E-state index is 0.0669. The lowest BCUT2D eigenvalue weighted by atomic mass is 10.2. The number of hydrogen-bond acceptors (Lipinski definition) is 3. The molecule has 0 spiro atoms. The van der Waals surface area contributed by atoms with Gasteiger partial charge in [-0.05, 0) is 18.6 Å². The summed E-state index contributed by atoms with van der Waals surface area (Å²) in [5.41, 5.74) is 0.605. The summed E-state index contributed by atoms with van der Waals surface area (Å²) >= 11 is 5.92. The van der Waals surface area contributed by atoms with E-state index in [9.17, 15) is 4.79 Å². The molecule has 0 aliphatic rings. The molecule has 1 heterocycles. The fraction of sp³-hybridized carbons (Fsp3) is 0.455. The van der Waals surface area contributed by atoms with Gasteiger partial charge in [-0.15, -0.1) is 11.6 Å². The molecule has 0 aliphatic carbocycles. The molecule has 1 atom stereocenters. The number of alkyl halides is 1. The van der Waals surface area contributed by atoms with Gasteiger partial charge in [0.2, 0.25) is 0 Å². The maximum atomic E-state index is 11.6. The largest absolute Gasteiger partial charge is 0.383 e. The Morgan fingerprint density at radius 3 is 2.88 bits per heavy atom. The van der Waals surface area contributed by atoms with Crippen LogP contribution in [0.3, 0.4) is 0 Å². The van der Waals surface area contributed by atoms with Crippen molar-refractivity contribution in [2.45, 2.75) is 11.8 Å². The molecule has 0 saturated carbocycles. The normalized spacial score (nSPS) is 12.1. The predicted octanol–water partition coefficient (Wildman–Crippen LogP) is 1.46. The number of carbonyl (C=O) groups is 1. The van der Waals surface area contributed by atoms with E-state index in [0.29, 0.717) is 25.1 Å². The Kier molecular flexibility index (Phi) is 5.82. The standard InChI is InChI=1S/C11H15ClN2O2/c1-16-8-10(12)4-7-14-11(15)9-2-5-13-6-3-9/h2-3,5-6,10H,4,7-8H2,1H3,(H,14,15). The van der Waals surface area contributed by atoms with Gasteiger partial charge in [-0.2, -0.15) is 0 Å². The van der Waals surface area contributed by atoms with E-state index in [0.717, 1.165) is 0 Å². The highest BCUT2D eigenvalue weighted by Gasteiger charge is 2.06. The SMILES string of the molecule is COCC(Cl)CCNC(=O)c1ccncc1. The lowest BCUT2D eigenvalue weighted by Gasteiger charge is -2.09. The average molecular weight is 243 g/mol. The number of carbonyl (C=O) groups excluding carboxylic acids is 1. The Balaban J connectivity index is 2.26. The smallest absolute Gasteiger partial charge is 0.251 e. The molecule has 1 rings (SSSR count). The molecule has 1 aromatic heterocycles.